The lowest BCUT2D eigenvalue weighted by Crippen LogP contribution is -2.37. The van der Waals surface area contributed by atoms with Crippen LogP contribution in [0.2, 0.25) is 0 Å². The molecule has 27 heavy (non-hydrogen) atoms. The summed E-state index contributed by atoms with van der Waals surface area (Å²) >= 11 is 0. The van der Waals surface area contributed by atoms with E-state index in [2.05, 4.69) is 10.6 Å². The summed E-state index contributed by atoms with van der Waals surface area (Å²) in [5.74, 6) is 1.05. The lowest BCUT2D eigenvalue weighted by Gasteiger charge is -2.15. The molecule has 2 aromatic rings. The quantitative estimate of drug-likeness (QED) is 0.515. The van der Waals surface area contributed by atoms with Crippen molar-refractivity contribution in [1.29, 1.82) is 0 Å². The van der Waals surface area contributed by atoms with Gasteiger partial charge in [-0.05, 0) is 43.2 Å². The molecular weight excluding hydrogens is 350 g/mol. The highest BCUT2D eigenvalue weighted by atomic mass is 16.6. The van der Waals surface area contributed by atoms with E-state index in [4.69, 9.17) is 9.47 Å². The van der Waals surface area contributed by atoms with Gasteiger partial charge in [0.15, 0.2) is 0 Å². The molecule has 0 aromatic heterocycles. The lowest BCUT2D eigenvalue weighted by molar-refractivity contribution is -0.385. The van der Waals surface area contributed by atoms with Gasteiger partial charge in [0.05, 0.1) is 12.0 Å². The highest BCUT2D eigenvalue weighted by molar-refractivity contribution is 5.89. The first-order chi connectivity index (χ1) is 13.0. The number of urea groups is 1. The standard InChI is InChI=1S/C19H23N3O5/c1-4-13(5-2)20-19(23)21-14-6-8-15(9-7-14)27-16-10-11-17(22(24)25)18(12-16)26-3/h6-13H,4-5H2,1-3H3,(H2,20,21,23). The van der Waals surface area contributed by atoms with Gasteiger partial charge in [0.25, 0.3) is 0 Å². The summed E-state index contributed by atoms with van der Waals surface area (Å²) in [5.41, 5.74) is 0.500. The maximum atomic E-state index is 12.0. The van der Waals surface area contributed by atoms with Crippen molar-refractivity contribution >= 4 is 17.4 Å². The first kappa shape index (κ1) is 20.0. The summed E-state index contributed by atoms with van der Waals surface area (Å²) in [5, 5.41) is 16.6. The van der Waals surface area contributed by atoms with Gasteiger partial charge in [-0.3, -0.25) is 10.1 Å². The Hall–Kier alpha value is -3.29. The molecule has 0 heterocycles. The molecule has 2 aromatic carbocycles. The molecule has 144 valence electrons. The fraction of sp³-hybridized carbons (Fsp3) is 0.316. The van der Waals surface area contributed by atoms with Gasteiger partial charge in [-0.25, -0.2) is 4.79 Å². The number of hydrogen-bond acceptors (Lipinski definition) is 5. The van der Waals surface area contributed by atoms with Crippen LogP contribution in [0.15, 0.2) is 42.5 Å². The molecule has 0 atom stereocenters. The highest BCUT2D eigenvalue weighted by Gasteiger charge is 2.15. The molecule has 0 aliphatic rings. The minimum Gasteiger partial charge on any atom is -0.490 e. The van der Waals surface area contributed by atoms with E-state index in [1.807, 2.05) is 13.8 Å². The van der Waals surface area contributed by atoms with Crippen molar-refractivity contribution in [3.8, 4) is 17.2 Å². The first-order valence-corrected chi connectivity index (χ1v) is 8.64. The smallest absolute Gasteiger partial charge is 0.319 e. The maximum absolute atomic E-state index is 12.0. The first-order valence-electron chi connectivity index (χ1n) is 8.64. The summed E-state index contributed by atoms with van der Waals surface area (Å²) in [7, 11) is 1.36. The Balaban J connectivity index is 2.01. The average molecular weight is 373 g/mol. The van der Waals surface area contributed by atoms with E-state index >= 15 is 0 Å². The molecule has 0 fully saturated rings. The molecule has 0 unspecified atom stereocenters. The molecule has 0 bridgehead atoms. The Bertz CT molecular complexity index is 788. The van der Waals surface area contributed by atoms with Crippen LogP contribution in [-0.2, 0) is 0 Å². The number of methoxy groups -OCH3 is 1. The predicted octanol–water partition coefficient (Wildman–Crippen LogP) is 4.71. The van der Waals surface area contributed by atoms with Crippen LogP contribution in [0.25, 0.3) is 0 Å². The van der Waals surface area contributed by atoms with E-state index in [9.17, 15) is 14.9 Å². The SMILES string of the molecule is CCC(CC)NC(=O)Nc1ccc(Oc2ccc([N+](=O)[O-])c(OC)c2)cc1. The number of benzene rings is 2. The average Bonchev–Trinajstić information content (AvgIpc) is 2.67. The number of anilines is 1. The normalized spacial score (nSPS) is 10.4. The largest absolute Gasteiger partial charge is 0.490 e. The summed E-state index contributed by atoms with van der Waals surface area (Å²) in [6.07, 6.45) is 1.74. The van der Waals surface area contributed by atoms with E-state index in [0.29, 0.717) is 17.2 Å². The van der Waals surface area contributed by atoms with Crippen LogP contribution in [-0.4, -0.2) is 24.1 Å². The molecule has 2 N–H and O–H groups in total. The van der Waals surface area contributed by atoms with Crippen LogP contribution in [0.4, 0.5) is 16.2 Å². The summed E-state index contributed by atoms with van der Waals surface area (Å²) in [6.45, 7) is 4.04. The summed E-state index contributed by atoms with van der Waals surface area (Å²) < 4.78 is 10.7. The van der Waals surface area contributed by atoms with Gasteiger partial charge in [-0.1, -0.05) is 13.8 Å². The topological polar surface area (TPSA) is 103 Å². The summed E-state index contributed by atoms with van der Waals surface area (Å²) in [4.78, 5) is 22.4. The van der Waals surface area contributed by atoms with Crippen LogP contribution >= 0.6 is 0 Å². The zero-order valence-corrected chi connectivity index (χ0v) is 15.5. The number of ether oxygens (including phenoxy) is 2. The monoisotopic (exact) mass is 373 g/mol. The number of nitrogens with one attached hydrogen (secondary N) is 2. The van der Waals surface area contributed by atoms with Crippen LogP contribution in [0.1, 0.15) is 26.7 Å². The van der Waals surface area contributed by atoms with Crippen molar-refractivity contribution in [1.82, 2.24) is 5.32 Å². The Morgan fingerprint density at radius 3 is 2.30 bits per heavy atom. The van der Waals surface area contributed by atoms with Crippen LogP contribution in [0.5, 0.6) is 17.2 Å². The number of amides is 2. The van der Waals surface area contributed by atoms with Gasteiger partial charge in [0, 0.05) is 23.9 Å². The van der Waals surface area contributed by atoms with E-state index < -0.39 is 4.92 Å². The minimum absolute atomic E-state index is 0.119. The molecule has 0 saturated carbocycles. The number of carbonyl (C=O) groups is 1. The molecule has 0 aliphatic heterocycles. The van der Waals surface area contributed by atoms with Crippen molar-refractivity contribution in [2.45, 2.75) is 32.7 Å². The fourth-order valence-electron chi connectivity index (χ4n) is 2.46. The Morgan fingerprint density at radius 1 is 1.11 bits per heavy atom. The van der Waals surface area contributed by atoms with Gasteiger partial charge < -0.3 is 20.1 Å². The number of nitrogens with zero attached hydrogens (tertiary/aromatic N) is 1. The van der Waals surface area contributed by atoms with Gasteiger partial charge in [0.2, 0.25) is 5.75 Å². The third-order valence-electron chi connectivity index (χ3n) is 4.02. The van der Waals surface area contributed by atoms with Gasteiger partial charge in [0.1, 0.15) is 11.5 Å². The van der Waals surface area contributed by atoms with Gasteiger partial charge in [-0.2, -0.15) is 0 Å². The van der Waals surface area contributed by atoms with Crippen LogP contribution in [0.3, 0.4) is 0 Å². The number of carbonyl (C=O) groups excluding carboxylic acids is 1. The lowest BCUT2D eigenvalue weighted by atomic mass is 10.2. The molecule has 0 saturated heterocycles. The van der Waals surface area contributed by atoms with E-state index in [0.717, 1.165) is 12.8 Å². The number of nitro benzene ring substituents is 1. The van der Waals surface area contributed by atoms with Crippen molar-refractivity contribution in [2.24, 2.45) is 0 Å². The molecule has 0 spiro atoms. The fourth-order valence-corrected chi connectivity index (χ4v) is 2.46. The van der Waals surface area contributed by atoms with E-state index in [1.165, 1.54) is 25.3 Å². The zero-order valence-electron chi connectivity index (χ0n) is 15.5. The molecule has 2 rings (SSSR count). The molecule has 8 heteroatoms. The second-order valence-electron chi connectivity index (χ2n) is 5.83. The van der Waals surface area contributed by atoms with Crippen LogP contribution < -0.4 is 20.1 Å². The molecule has 0 radical (unpaired) electrons. The molecule has 8 nitrogen and oxygen atoms in total. The number of nitro groups is 1. The van der Waals surface area contributed by atoms with Crippen molar-refractivity contribution in [3.05, 3.63) is 52.6 Å². The van der Waals surface area contributed by atoms with Crippen molar-refractivity contribution < 1.29 is 19.2 Å². The zero-order chi connectivity index (χ0) is 19.8. The maximum Gasteiger partial charge on any atom is 0.319 e. The molecule has 2 amide bonds. The van der Waals surface area contributed by atoms with Crippen molar-refractivity contribution in [2.75, 3.05) is 12.4 Å². The minimum atomic E-state index is -0.518. The van der Waals surface area contributed by atoms with Crippen molar-refractivity contribution in [3.63, 3.8) is 0 Å². The Labute approximate surface area is 157 Å². The predicted molar refractivity (Wildman–Crippen MR) is 103 cm³/mol. The third kappa shape index (κ3) is 5.60. The second-order valence-corrected chi connectivity index (χ2v) is 5.83. The van der Waals surface area contributed by atoms with E-state index in [1.54, 1.807) is 24.3 Å². The van der Waals surface area contributed by atoms with Crippen LogP contribution in [0, 0.1) is 10.1 Å². The third-order valence-corrected chi connectivity index (χ3v) is 4.02. The summed E-state index contributed by atoms with van der Waals surface area (Å²) in [6, 6.07) is 11.0. The second kappa shape index (κ2) is 9.42. The van der Waals surface area contributed by atoms with Gasteiger partial charge in [-0.15, -0.1) is 0 Å². The number of rotatable bonds is 8. The highest BCUT2D eigenvalue weighted by Crippen LogP contribution is 2.33. The number of hydrogen-bond donors (Lipinski definition) is 2. The Morgan fingerprint density at radius 2 is 1.74 bits per heavy atom. The van der Waals surface area contributed by atoms with Gasteiger partial charge >= 0.3 is 11.7 Å². The molecular formula is C19H23N3O5. The Kier molecular flexibility index (Phi) is 6.99. The molecule has 0 aliphatic carbocycles. The van der Waals surface area contributed by atoms with E-state index in [-0.39, 0.29) is 23.5 Å².